The van der Waals surface area contributed by atoms with Crippen LogP contribution in [0.15, 0.2) is 18.2 Å². The second kappa shape index (κ2) is 3.77. The topological polar surface area (TPSA) is 23.5 Å². The number of hydrogen-bond acceptors (Lipinski definition) is 2. The first-order valence-corrected chi connectivity index (χ1v) is 6.02. The summed E-state index contributed by atoms with van der Waals surface area (Å²) in [7, 11) is 0. The van der Waals surface area contributed by atoms with E-state index in [0.29, 0.717) is 6.04 Å². The molecule has 2 heteroatoms. The summed E-state index contributed by atoms with van der Waals surface area (Å²) in [6, 6.07) is 6.78. The maximum absolute atomic E-state index is 10.2. The Kier molecular flexibility index (Phi) is 2.70. The van der Waals surface area contributed by atoms with E-state index in [1.165, 1.54) is 11.3 Å². The van der Waals surface area contributed by atoms with E-state index in [2.05, 4.69) is 24.8 Å². The second-order valence-corrected chi connectivity index (χ2v) is 5.40. The standard InChI is InChI=1S/C14H21NO/c1-10(2)15-9-8-11-12(14(3,4)16)6-5-7-13(11)15/h5-7,10,16H,8-9H2,1-4H3. The van der Waals surface area contributed by atoms with Crippen LogP contribution < -0.4 is 4.90 Å². The molecule has 0 aliphatic carbocycles. The van der Waals surface area contributed by atoms with Crippen LogP contribution in [0.25, 0.3) is 0 Å². The Morgan fingerprint density at radius 1 is 1.31 bits per heavy atom. The maximum atomic E-state index is 10.2. The number of hydrogen-bond donors (Lipinski definition) is 1. The van der Waals surface area contributed by atoms with E-state index in [4.69, 9.17) is 0 Å². The van der Waals surface area contributed by atoms with Crippen LogP contribution >= 0.6 is 0 Å². The van der Waals surface area contributed by atoms with Crippen LogP contribution in [0.4, 0.5) is 5.69 Å². The summed E-state index contributed by atoms with van der Waals surface area (Å²) < 4.78 is 0. The molecule has 0 radical (unpaired) electrons. The molecule has 1 N–H and O–H groups in total. The first-order valence-electron chi connectivity index (χ1n) is 6.02. The molecule has 0 unspecified atom stereocenters. The van der Waals surface area contributed by atoms with E-state index in [1.807, 2.05) is 26.0 Å². The zero-order valence-corrected chi connectivity index (χ0v) is 10.6. The van der Waals surface area contributed by atoms with Crippen molar-refractivity contribution in [2.75, 3.05) is 11.4 Å². The Balaban J connectivity index is 2.48. The van der Waals surface area contributed by atoms with Gasteiger partial charge in [0.1, 0.15) is 0 Å². The number of rotatable bonds is 2. The smallest absolute Gasteiger partial charge is 0.0843 e. The van der Waals surface area contributed by atoms with Crippen molar-refractivity contribution < 1.29 is 5.11 Å². The summed E-state index contributed by atoms with van der Waals surface area (Å²) in [6.45, 7) is 9.22. The Labute approximate surface area is 97.9 Å². The Bertz CT molecular complexity index is 390. The normalized spacial score (nSPS) is 15.8. The highest BCUT2D eigenvalue weighted by atomic mass is 16.3. The largest absolute Gasteiger partial charge is 0.386 e. The second-order valence-electron chi connectivity index (χ2n) is 5.40. The summed E-state index contributed by atoms with van der Waals surface area (Å²) in [4.78, 5) is 2.41. The lowest BCUT2D eigenvalue weighted by molar-refractivity contribution is 0.0778. The van der Waals surface area contributed by atoms with Crippen molar-refractivity contribution in [3.05, 3.63) is 29.3 Å². The molecule has 1 aliphatic heterocycles. The third-order valence-corrected chi connectivity index (χ3v) is 3.35. The molecule has 0 saturated carbocycles. The number of benzene rings is 1. The molecule has 0 atom stereocenters. The van der Waals surface area contributed by atoms with Crippen molar-refractivity contribution in [2.45, 2.75) is 45.8 Å². The van der Waals surface area contributed by atoms with Crippen molar-refractivity contribution in [2.24, 2.45) is 0 Å². The van der Waals surface area contributed by atoms with Gasteiger partial charge in [0.15, 0.2) is 0 Å². The predicted molar refractivity (Wildman–Crippen MR) is 67.9 cm³/mol. The summed E-state index contributed by atoms with van der Waals surface area (Å²) in [6.07, 6.45) is 1.05. The van der Waals surface area contributed by atoms with Gasteiger partial charge in [0.2, 0.25) is 0 Å². The summed E-state index contributed by atoms with van der Waals surface area (Å²) in [5, 5.41) is 10.2. The Morgan fingerprint density at radius 2 is 2.00 bits per heavy atom. The fourth-order valence-corrected chi connectivity index (χ4v) is 2.57. The summed E-state index contributed by atoms with van der Waals surface area (Å²) in [5.41, 5.74) is 2.96. The predicted octanol–water partition coefficient (Wildman–Crippen LogP) is 2.68. The van der Waals surface area contributed by atoms with Crippen LogP contribution in [0.1, 0.15) is 38.8 Å². The van der Waals surface area contributed by atoms with Crippen LogP contribution in [-0.2, 0) is 12.0 Å². The quantitative estimate of drug-likeness (QED) is 0.826. The van der Waals surface area contributed by atoms with Gasteiger partial charge >= 0.3 is 0 Å². The molecule has 16 heavy (non-hydrogen) atoms. The third kappa shape index (κ3) is 1.82. The maximum Gasteiger partial charge on any atom is 0.0843 e. The van der Waals surface area contributed by atoms with E-state index >= 15 is 0 Å². The van der Waals surface area contributed by atoms with Crippen LogP contribution in [0, 0.1) is 0 Å². The van der Waals surface area contributed by atoms with E-state index in [9.17, 15) is 5.11 Å². The van der Waals surface area contributed by atoms with E-state index < -0.39 is 5.60 Å². The van der Waals surface area contributed by atoms with Crippen molar-refractivity contribution in [1.29, 1.82) is 0 Å². The van der Waals surface area contributed by atoms with E-state index in [0.717, 1.165) is 18.5 Å². The number of anilines is 1. The van der Waals surface area contributed by atoms with Gasteiger partial charge < -0.3 is 10.0 Å². The summed E-state index contributed by atoms with van der Waals surface area (Å²) in [5.74, 6) is 0. The molecule has 0 amide bonds. The van der Waals surface area contributed by atoms with E-state index in [-0.39, 0.29) is 0 Å². The zero-order valence-electron chi connectivity index (χ0n) is 10.6. The van der Waals surface area contributed by atoms with Crippen LogP contribution in [-0.4, -0.2) is 17.7 Å². The molecule has 0 bridgehead atoms. The average molecular weight is 219 g/mol. The molecule has 1 aliphatic rings. The van der Waals surface area contributed by atoms with Gasteiger partial charge in [-0.15, -0.1) is 0 Å². The highest BCUT2D eigenvalue weighted by Crippen LogP contribution is 2.36. The van der Waals surface area contributed by atoms with Crippen LogP contribution in [0.2, 0.25) is 0 Å². The first kappa shape index (κ1) is 11.5. The van der Waals surface area contributed by atoms with Gasteiger partial charge in [0, 0.05) is 18.3 Å². The van der Waals surface area contributed by atoms with Gasteiger partial charge in [-0.25, -0.2) is 0 Å². The molecular formula is C14H21NO. The molecule has 0 fully saturated rings. The number of aliphatic hydroxyl groups is 1. The molecule has 1 heterocycles. The average Bonchev–Trinajstić information content (AvgIpc) is 2.58. The van der Waals surface area contributed by atoms with Crippen molar-refractivity contribution in [3.63, 3.8) is 0 Å². The molecule has 1 aromatic rings. The van der Waals surface area contributed by atoms with Gasteiger partial charge in [-0.1, -0.05) is 12.1 Å². The van der Waals surface area contributed by atoms with Gasteiger partial charge in [0.25, 0.3) is 0 Å². The molecule has 88 valence electrons. The fraction of sp³-hybridized carbons (Fsp3) is 0.571. The number of fused-ring (bicyclic) bond motifs is 1. The number of nitrogens with zero attached hydrogens (tertiary/aromatic N) is 1. The lowest BCUT2D eigenvalue weighted by Gasteiger charge is -2.26. The lowest BCUT2D eigenvalue weighted by Crippen LogP contribution is -2.28. The zero-order chi connectivity index (χ0) is 11.9. The third-order valence-electron chi connectivity index (χ3n) is 3.35. The Hall–Kier alpha value is -1.02. The minimum absolute atomic E-state index is 0.526. The molecule has 2 rings (SSSR count). The Morgan fingerprint density at radius 3 is 2.56 bits per heavy atom. The van der Waals surface area contributed by atoms with Crippen LogP contribution in [0.3, 0.4) is 0 Å². The highest BCUT2D eigenvalue weighted by molar-refractivity contribution is 5.62. The molecule has 0 saturated heterocycles. The van der Waals surface area contributed by atoms with Crippen molar-refractivity contribution in [1.82, 2.24) is 0 Å². The molecule has 1 aromatic carbocycles. The fourth-order valence-electron chi connectivity index (χ4n) is 2.57. The minimum Gasteiger partial charge on any atom is -0.386 e. The molecular weight excluding hydrogens is 198 g/mol. The van der Waals surface area contributed by atoms with Crippen LogP contribution in [0.5, 0.6) is 0 Å². The monoisotopic (exact) mass is 219 g/mol. The SMILES string of the molecule is CC(C)N1CCc2c1cccc2C(C)(C)O. The molecule has 0 aromatic heterocycles. The summed E-state index contributed by atoms with van der Waals surface area (Å²) >= 11 is 0. The minimum atomic E-state index is -0.738. The van der Waals surface area contributed by atoms with Gasteiger partial charge in [-0.3, -0.25) is 0 Å². The van der Waals surface area contributed by atoms with Crippen molar-refractivity contribution in [3.8, 4) is 0 Å². The molecule has 0 spiro atoms. The van der Waals surface area contributed by atoms with Gasteiger partial charge in [0.05, 0.1) is 5.60 Å². The van der Waals surface area contributed by atoms with Gasteiger partial charge in [-0.05, 0) is 51.3 Å². The van der Waals surface area contributed by atoms with Crippen molar-refractivity contribution >= 4 is 5.69 Å². The van der Waals surface area contributed by atoms with Gasteiger partial charge in [-0.2, -0.15) is 0 Å². The lowest BCUT2D eigenvalue weighted by atomic mass is 9.92. The van der Waals surface area contributed by atoms with E-state index in [1.54, 1.807) is 0 Å². The first-order chi connectivity index (χ1) is 7.41. The molecule has 2 nitrogen and oxygen atoms in total. The highest BCUT2D eigenvalue weighted by Gasteiger charge is 2.28.